The number of urea groups is 1. The van der Waals surface area contributed by atoms with Crippen molar-refractivity contribution in [1.82, 2.24) is 14.7 Å². The van der Waals surface area contributed by atoms with Gasteiger partial charge in [-0.05, 0) is 17.2 Å². The first kappa shape index (κ1) is 17.2. The maximum atomic E-state index is 12.3. The number of halogens is 1. The van der Waals surface area contributed by atoms with E-state index in [4.69, 9.17) is 0 Å². The van der Waals surface area contributed by atoms with Crippen LogP contribution in [0.15, 0.2) is 71.3 Å². The van der Waals surface area contributed by atoms with Crippen molar-refractivity contribution in [3.8, 4) is 0 Å². The van der Waals surface area contributed by atoms with Crippen molar-refractivity contribution in [1.29, 1.82) is 0 Å². The molecule has 0 radical (unpaired) electrons. The Hall–Kier alpha value is -2.60. The average molecular weight is 399 g/mol. The van der Waals surface area contributed by atoms with E-state index in [1.807, 2.05) is 60.8 Å². The van der Waals surface area contributed by atoms with E-state index in [9.17, 15) is 4.79 Å². The smallest absolute Gasteiger partial charge is 0.323 e. The molecule has 2 aromatic carbocycles. The maximum absolute atomic E-state index is 12.3. The fourth-order valence-corrected chi connectivity index (χ4v) is 2.86. The number of nitrogens with zero attached hydrogens (tertiary/aromatic N) is 3. The van der Waals surface area contributed by atoms with Gasteiger partial charge in [-0.3, -0.25) is 10.00 Å². The summed E-state index contributed by atoms with van der Waals surface area (Å²) in [6, 6.07) is 19.5. The van der Waals surface area contributed by atoms with E-state index in [0.29, 0.717) is 18.9 Å². The Balaban J connectivity index is 1.58. The van der Waals surface area contributed by atoms with Gasteiger partial charge in [0.1, 0.15) is 0 Å². The molecule has 2 amide bonds. The first-order valence-corrected chi connectivity index (χ1v) is 8.74. The number of carbonyl (C=O) groups excluding carboxylic acids is 1. The summed E-state index contributed by atoms with van der Waals surface area (Å²) in [4.78, 5) is 14.0. The minimum Gasteiger partial charge on any atom is -0.323 e. The van der Waals surface area contributed by atoms with Crippen LogP contribution in [0.5, 0.6) is 0 Å². The molecule has 3 aromatic rings. The Labute approximate surface area is 155 Å². The van der Waals surface area contributed by atoms with Crippen molar-refractivity contribution in [3.05, 3.63) is 82.5 Å². The lowest BCUT2D eigenvalue weighted by Crippen LogP contribution is -2.31. The zero-order chi connectivity index (χ0) is 17.6. The number of hydrogen-bond donors (Lipinski definition) is 1. The third-order valence-corrected chi connectivity index (χ3v) is 4.55. The minimum absolute atomic E-state index is 0.194. The predicted octanol–water partition coefficient (Wildman–Crippen LogP) is 4.36. The summed E-state index contributed by atoms with van der Waals surface area (Å²) in [5.74, 6) is 0.542. The Kier molecular flexibility index (Phi) is 5.50. The van der Waals surface area contributed by atoms with Crippen molar-refractivity contribution >= 4 is 27.8 Å². The number of rotatable bonds is 5. The zero-order valence-electron chi connectivity index (χ0n) is 13.9. The van der Waals surface area contributed by atoms with Gasteiger partial charge in [-0.2, -0.15) is 5.10 Å². The molecule has 0 spiro atoms. The highest BCUT2D eigenvalue weighted by atomic mass is 79.9. The Bertz CT molecular complexity index is 847. The number of nitrogens with one attached hydrogen (secondary N) is 1. The summed E-state index contributed by atoms with van der Waals surface area (Å²) in [6.07, 6.45) is 1.86. The van der Waals surface area contributed by atoms with Crippen LogP contribution in [-0.4, -0.2) is 27.8 Å². The first-order valence-electron chi connectivity index (χ1n) is 7.95. The zero-order valence-corrected chi connectivity index (χ0v) is 15.5. The molecule has 1 heterocycles. The lowest BCUT2D eigenvalue weighted by Gasteiger charge is -2.18. The second-order valence-corrected chi connectivity index (χ2v) is 6.62. The topological polar surface area (TPSA) is 50.2 Å². The Morgan fingerprint density at radius 1 is 1.12 bits per heavy atom. The predicted molar refractivity (Wildman–Crippen MR) is 102 cm³/mol. The van der Waals surface area contributed by atoms with Crippen molar-refractivity contribution in [2.45, 2.75) is 13.1 Å². The Morgan fingerprint density at radius 2 is 1.84 bits per heavy atom. The third kappa shape index (κ3) is 4.70. The second kappa shape index (κ2) is 7.98. The van der Waals surface area contributed by atoms with E-state index in [1.165, 1.54) is 0 Å². The van der Waals surface area contributed by atoms with Crippen LogP contribution in [0.1, 0.15) is 11.1 Å². The summed E-state index contributed by atoms with van der Waals surface area (Å²) < 4.78 is 2.79. The lowest BCUT2D eigenvalue weighted by atomic mass is 10.2. The van der Waals surface area contributed by atoms with Crippen LogP contribution in [0.2, 0.25) is 0 Å². The molecule has 128 valence electrons. The molecule has 0 aliphatic rings. The monoisotopic (exact) mass is 398 g/mol. The van der Waals surface area contributed by atoms with Crippen LogP contribution in [0.4, 0.5) is 10.6 Å². The lowest BCUT2D eigenvalue weighted by molar-refractivity contribution is 0.220. The third-order valence-electron chi connectivity index (χ3n) is 3.78. The number of aromatic nitrogens is 2. The van der Waals surface area contributed by atoms with E-state index in [-0.39, 0.29) is 6.03 Å². The summed E-state index contributed by atoms with van der Waals surface area (Å²) >= 11 is 3.50. The summed E-state index contributed by atoms with van der Waals surface area (Å²) in [7, 11) is 1.76. The van der Waals surface area contributed by atoms with Crippen LogP contribution in [0.3, 0.4) is 0 Å². The van der Waals surface area contributed by atoms with Gasteiger partial charge in [0.2, 0.25) is 0 Å². The fourth-order valence-electron chi connectivity index (χ4n) is 2.45. The largest absolute Gasteiger partial charge is 0.323 e. The highest BCUT2D eigenvalue weighted by Gasteiger charge is 2.12. The molecule has 3 rings (SSSR count). The quantitative estimate of drug-likeness (QED) is 0.693. The molecule has 0 aliphatic heterocycles. The van der Waals surface area contributed by atoms with E-state index >= 15 is 0 Å². The van der Waals surface area contributed by atoms with Gasteiger partial charge in [0.05, 0.1) is 6.54 Å². The molecule has 5 nitrogen and oxygen atoms in total. The Morgan fingerprint density at radius 3 is 2.60 bits per heavy atom. The molecule has 0 aliphatic carbocycles. The average Bonchev–Trinajstić information content (AvgIpc) is 3.04. The van der Waals surface area contributed by atoms with E-state index in [2.05, 4.69) is 26.3 Å². The minimum atomic E-state index is -0.194. The molecule has 25 heavy (non-hydrogen) atoms. The summed E-state index contributed by atoms with van der Waals surface area (Å²) in [6.45, 7) is 1.18. The van der Waals surface area contributed by atoms with E-state index < -0.39 is 0 Å². The van der Waals surface area contributed by atoms with Crippen molar-refractivity contribution in [2.75, 3.05) is 12.4 Å². The number of hydrogen-bond acceptors (Lipinski definition) is 2. The summed E-state index contributed by atoms with van der Waals surface area (Å²) in [5.41, 5.74) is 2.21. The second-order valence-electron chi connectivity index (χ2n) is 5.76. The van der Waals surface area contributed by atoms with Gasteiger partial charge < -0.3 is 4.90 Å². The van der Waals surface area contributed by atoms with Gasteiger partial charge in [-0.15, -0.1) is 0 Å². The van der Waals surface area contributed by atoms with Gasteiger partial charge in [0, 0.05) is 30.3 Å². The van der Waals surface area contributed by atoms with E-state index in [0.717, 1.165) is 15.6 Å². The molecule has 1 N–H and O–H groups in total. The number of anilines is 1. The molecule has 0 saturated heterocycles. The number of amides is 2. The van der Waals surface area contributed by atoms with Gasteiger partial charge >= 0.3 is 6.03 Å². The van der Waals surface area contributed by atoms with Gasteiger partial charge in [-0.25, -0.2) is 4.79 Å². The normalized spacial score (nSPS) is 10.5. The van der Waals surface area contributed by atoms with Gasteiger partial charge in [0.15, 0.2) is 5.82 Å². The highest BCUT2D eigenvalue weighted by Crippen LogP contribution is 2.17. The fraction of sp³-hybridized carbons (Fsp3) is 0.158. The molecule has 0 unspecified atom stereocenters. The van der Waals surface area contributed by atoms with Crippen LogP contribution < -0.4 is 5.32 Å². The SMILES string of the molecule is CN(Cc1ccccc1Br)C(=O)Nc1ccn(Cc2ccccc2)n1. The van der Waals surface area contributed by atoms with Crippen LogP contribution in [-0.2, 0) is 13.1 Å². The standard InChI is InChI=1S/C19H19BrN4O/c1-23(14-16-9-5-6-10-17(16)20)19(25)21-18-11-12-24(22-18)13-15-7-3-2-4-8-15/h2-12H,13-14H2,1H3,(H,21,22,25). The van der Waals surface area contributed by atoms with Crippen LogP contribution in [0.25, 0.3) is 0 Å². The molecule has 1 aromatic heterocycles. The number of carbonyl (C=O) groups is 1. The molecule has 0 fully saturated rings. The van der Waals surface area contributed by atoms with Crippen LogP contribution >= 0.6 is 15.9 Å². The van der Waals surface area contributed by atoms with Crippen molar-refractivity contribution in [2.24, 2.45) is 0 Å². The van der Waals surface area contributed by atoms with Gasteiger partial charge in [-0.1, -0.05) is 64.5 Å². The maximum Gasteiger partial charge on any atom is 0.323 e. The molecular formula is C19H19BrN4O. The van der Waals surface area contributed by atoms with Gasteiger partial charge in [0.25, 0.3) is 0 Å². The number of benzene rings is 2. The van der Waals surface area contributed by atoms with Crippen molar-refractivity contribution < 1.29 is 4.79 Å². The van der Waals surface area contributed by atoms with Crippen LogP contribution in [0, 0.1) is 0 Å². The highest BCUT2D eigenvalue weighted by molar-refractivity contribution is 9.10. The molecular weight excluding hydrogens is 380 g/mol. The molecule has 0 atom stereocenters. The molecule has 0 bridgehead atoms. The molecule has 0 saturated carbocycles. The first-order chi connectivity index (χ1) is 12.1. The summed E-state index contributed by atoms with van der Waals surface area (Å²) in [5, 5.41) is 7.23. The van der Waals surface area contributed by atoms with E-state index in [1.54, 1.807) is 22.7 Å². The molecule has 6 heteroatoms. The van der Waals surface area contributed by atoms with Crippen molar-refractivity contribution in [3.63, 3.8) is 0 Å².